The monoisotopic (exact) mass is 226 g/mol. The fourth-order valence-electron chi connectivity index (χ4n) is 1.76. The van der Waals surface area contributed by atoms with Crippen molar-refractivity contribution >= 4 is 11.3 Å². The van der Waals surface area contributed by atoms with Gasteiger partial charge in [0.25, 0.3) is 0 Å². The number of thiazole rings is 1. The molecular formula is C12H22N2S. The van der Waals surface area contributed by atoms with Crippen LogP contribution >= 0.6 is 11.3 Å². The summed E-state index contributed by atoms with van der Waals surface area (Å²) in [5, 5.41) is 6.93. The summed E-state index contributed by atoms with van der Waals surface area (Å²) in [4.78, 5) is 4.48. The predicted octanol–water partition coefficient (Wildman–Crippen LogP) is 3.16. The number of hydrogen-bond acceptors (Lipinski definition) is 3. The molecule has 15 heavy (non-hydrogen) atoms. The molecule has 1 atom stereocenters. The maximum atomic E-state index is 4.48. The maximum Gasteiger partial charge on any atom is 0.0928 e. The van der Waals surface area contributed by atoms with Crippen LogP contribution in [0.2, 0.25) is 0 Å². The van der Waals surface area contributed by atoms with E-state index in [1.807, 2.05) is 0 Å². The minimum atomic E-state index is 0.691. The number of nitrogens with zero attached hydrogens (tertiary/aromatic N) is 1. The summed E-state index contributed by atoms with van der Waals surface area (Å²) in [5.74, 6) is 0. The molecule has 1 rings (SSSR count). The molecule has 1 aromatic heterocycles. The standard InChI is InChI=1S/C12H22N2S/c1-4-11(13-5-2)7-6-8-12-14-10(3)9-15-12/h9,11,13H,4-8H2,1-3H3. The van der Waals surface area contributed by atoms with Gasteiger partial charge in [0.1, 0.15) is 0 Å². The van der Waals surface area contributed by atoms with E-state index in [2.05, 4.69) is 36.5 Å². The number of aromatic nitrogens is 1. The zero-order chi connectivity index (χ0) is 11.1. The quantitative estimate of drug-likeness (QED) is 0.772. The molecule has 0 aliphatic carbocycles. The third-order valence-corrected chi connectivity index (χ3v) is 3.62. The van der Waals surface area contributed by atoms with Crippen LogP contribution in [0.15, 0.2) is 5.38 Å². The first-order chi connectivity index (χ1) is 7.26. The highest BCUT2D eigenvalue weighted by Crippen LogP contribution is 2.13. The van der Waals surface area contributed by atoms with Crippen LogP contribution in [0.5, 0.6) is 0 Å². The number of aryl methyl sites for hydroxylation is 2. The van der Waals surface area contributed by atoms with E-state index in [4.69, 9.17) is 0 Å². The van der Waals surface area contributed by atoms with Gasteiger partial charge in [-0.1, -0.05) is 13.8 Å². The van der Waals surface area contributed by atoms with Crippen molar-refractivity contribution < 1.29 is 0 Å². The molecule has 0 amide bonds. The summed E-state index contributed by atoms with van der Waals surface area (Å²) in [6.45, 7) is 7.57. The van der Waals surface area contributed by atoms with E-state index in [1.54, 1.807) is 11.3 Å². The fraction of sp³-hybridized carbons (Fsp3) is 0.750. The van der Waals surface area contributed by atoms with Crippen molar-refractivity contribution in [2.75, 3.05) is 6.54 Å². The van der Waals surface area contributed by atoms with Crippen LogP contribution in [0.1, 0.15) is 43.8 Å². The lowest BCUT2D eigenvalue weighted by Gasteiger charge is -2.14. The van der Waals surface area contributed by atoms with Gasteiger partial charge in [-0.15, -0.1) is 11.3 Å². The molecule has 1 N–H and O–H groups in total. The zero-order valence-electron chi connectivity index (χ0n) is 10.0. The minimum Gasteiger partial charge on any atom is -0.314 e. The van der Waals surface area contributed by atoms with E-state index in [9.17, 15) is 0 Å². The zero-order valence-corrected chi connectivity index (χ0v) is 10.9. The van der Waals surface area contributed by atoms with E-state index in [-0.39, 0.29) is 0 Å². The fourth-order valence-corrected chi connectivity index (χ4v) is 2.57. The minimum absolute atomic E-state index is 0.691. The number of hydrogen-bond donors (Lipinski definition) is 1. The largest absolute Gasteiger partial charge is 0.314 e. The molecule has 0 radical (unpaired) electrons. The van der Waals surface area contributed by atoms with Crippen LogP contribution in [0.4, 0.5) is 0 Å². The van der Waals surface area contributed by atoms with E-state index < -0.39 is 0 Å². The van der Waals surface area contributed by atoms with Crippen LogP contribution in [-0.4, -0.2) is 17.6 Å². The van der Waals surface area contributed by atoms with Gasteiger partial charge in [0.15, 0.2) is 0 Å². The first kappa shape index (κ1) is 12.7. The molecule has 1 aromatic rings. The van der Waals surface area contributed by atoms with Crippen LogP contribution in [0.25, 0.3) is 0 Å². The van der Waals surface area contributed by atoms with E-state index in [0.717, 1.165) is 18.7 Å². The Morgan fingerprint density at radius 3 is 2.80 bits per heavy atom. The lowest BCUT2D eigenvalue weighted by molar-refractivity contribution is 0.467. The molecule has 1 heterocycles. The van der Waals surface area contributed by atoms with Crippen molar-refractivity contribution in [2.45, 2.75) is 52.5 Å². The van der Waals surface area contributed by atoms with Crippen LogP contribution < -0.4 is 5.32 Å². The van der Waals surface area contributed by atoms with Crippen molar-refractivity contribution in [3.8, 4) is 0 Å². The second kappa shape index (κ2) is 6.96. The summed E-state index contributed by atoms with van der Waals surface area (Å²) in [7, 11) is 0. The first-order valence-corrected chi connectivity index (χ1v) is 6.78. The van der Waals surface area contributed by atoms with Gasteiger partial charge >= 0.3 is 0 Å². The van der Waals surface area contributed by atoms with E-state index >= 15 is 0 Å². The van der Waals surface area contributed by atoms with Crippen molar-refractivity contribution in [1.82, 2.24) is 10.3 Å². The molecule has 0 spiro atoms. The van der Waals surface area contributed by atoms with Crippen molar-refractivity contribution in [1.29, 1.82) is 0 Å². The Bertz CT molecular complexity index is 270. The normalized spacial score (nSPS) is 13.0. The van der Waals surface area contributed by atoms with Gasteiger partial charge in [0.2, 0.25) is 0 Å². The molecule has 0 fully saturated rings. The lowest BCUT2D eigenvalue weighted by Crippen LogP contribution is -2.27. The smallest absolute Gasteiger partial charge is 0.0928 e. The molecule has 0 aliphatic rings. The Balaban J connectivity index is 2.20. The Hall–Kier alpha value is -0.410. The Morgan fingerprint density at radius 2 is 2.27 bits per heavy atom. The molecular weight excluding hydrogens is 204 g/mol. The second-order valence-corrected chi connectivity index (χ2v) is 4.88. The highest BCUT2D eigenvalue weighted by Gasteiger charge is 2.05. The molecule has 86 valence electrons. The molecule has 1 unspecified atom stereocenters. The third-order valence-electron chi connectivity index (χ3n) is 2.60. The first-order valence-electron chi connectivity index (χ1n) is 5.90. The van der Waals surface area contributed by atoms with Crippen molar-refractivity contribution in [3.05, 3.63) is 16.1 Å². The molecule has 3 heteroatoms. The summed E-state index contributed by atoms with van der Waals surface area (Å²) < 4.78 is 0. The highest BCUT2D eigenvalue weighted by atomic mass is 32.1. The van der Waals surface area contributed by atoms with Gasteiger partial charge in [0, 0.05) is 17.1 Å². The SMILES string of the molecule is CCNC(CC)CCCc1nc(C)cs1. The molecule has 2 nitrogen and oxygen atoms in total. The molecule has 0 saturated carbocycles. The third kappa shape index (κ3) is 4.76. The van der Waals surface area contributed by atoms with Gasteiger partial charge in [-0.05, 0) is 39.2 Å². The summed E-state index contributed by atoms with van der Waals surface area (Å²) >= 11 is 1.79. The molecule has 0 bridgehead atoms. The van der Waals surface area contributed by atoms with E-state index in [1.165, 1.54) is 24.3 Å². The van der Waals surface area contributed by atoms with Gasteiger partial charge in [-0.25, -0.2) is 4.98 Å². The predicted molar refractivity (Wildman–Crippen MR) is 67.5 cm³/mol. The molecule has 0 aliphatic heterocycles. The van der Waals surface area contributed by atoms with Gasteiger partial charge < -0.3 is 5.32 Å². The lowest BCUT2D eigenvalue weighted by atomic mass is 10.1. The summed E-state index contributed by atoms with van der Waals surface area (Å²) in [5.41, 5.74) is 1.16. The number of nitrogens with one attached hydrogen (secondary N) is 1. The van der Waals surface area contributed by atoms with Crippen molar-refractivity contribution in [3.63, 3.8) is 0 Å². The summed E-state index contributed by atoms with van der Waals surface area (Å²) in [6.07, 6.45) is 4.88. The Kier molecular flexibility index (Phi) is 5.88. The molecule has 0 saturated heterocycles. The second-order valence-electron chi connectivity index (χ2n) is 3.94. The van der Waals surface area contributed by atoms with Crippen LogP contribution in [0, 0.1) is 6.92 Å². The topological polar surface area (TPSA) is 24.9 Å². The average Bonchev–Trinajstić information content (AvgIpc) is 2.63. The number of rotatable bonds is 7. The highest BCUT2D eigenvalue weighted by molar-refractivity contribution is 7.09. The van der Waals surface area contributed by atoms with Gasteiger partial charge in [-0.3, -0.25) is 0 Å². The van der Waals surface area contributed by atoms with Gasteiger partial charge in [0.05, 0.1) is 5.01 Å². The van der Waals surface area contributed by atoms with Crippen molar-refractivity contribution in [2.24, 2.45) is 0 Å². The van der Waals surface area contributed by atoms with Gasteiger partial charge in [-0.2, -0.15) is 0 Å². The maximum absolute atomic E-state index is 4.48. The van der Waals surface area contributed by atoms with Crippen LogP contribution in [-0.2, 0) is 6.42 Å². The van der Waals surface area contributed by atoms with Crippen LogP contribution in [0.3, 0.4) is 0 Å². The molecule has 0 aromatic carbocycles. The average molecular weight is 226 g/mol. The van der Waals surface area contributed by atoms with E-state index in [0.29, 0.717) is 6.04 Å². The Labute approximate surface area is 97.1 Å². The summed E-state index contributed by atoms with van der Waals surface area (Å²) in [6, 6.07) is 0.691. The Morgan fingerprint density at radius 1 is 1.47 bits per heavy atom.